The van der Waals surface area contributed by atoms with E-state index in [1.165, 1.54) is 24.3 Å². The lowest BCUT2D eigenvalue weighted by Crippen LogP contribution is -2.00. The Balaban J connectivity index is 2.04. The molecule has 0 amide bonds. The normalized spacial score (nSPS) is 11.3. The maximum absolute atomic E-state index is 12.0. The molecule has 5 aromatic rings. The number of carboxylic acids is 1. The van der Waals surface area contributed by atoms with E-state index in [1.54, 1.807) is 36.4 Å². The highest BCUT2D eigenvalue weighted by atomic mass is 16.4. The standard InChI is InChI=1S/C24H14O5/c25-14-6-9-16-13(11-14)5-8-20-22(17-3-1-2-4-18(17)24(27)28)19-10-7-15(26)12-21(19)29-23(16)20/h1-12,26H,(H,27,28)/p-1. The summed E-state index contributed by atoms with van der Waals surface area (Å²) < 4.78 is 6.09. The van der Waals surface area contributed by atoms with Crippen molar-refractivity contribution in [3.8, 4) is 16.9 Å². The molecule has 1 aromatic heterocycles. The van der Waals surface area contributed by atoms with Crippen molar-refractivity contribution >= 4 is 38.7 Å². The molecular weight excluding hydrogens is 368 g/mol. The molecule has 140 valence electrons. The summed E-state index contributed by atoms with van der Waals surface area (Å²) in [5, 5.41) is 24.4. The van der Waals surface area contributed by atoms with Gasteiger partial charge in [0.05, 0.1) is 5.56 Å². The van der Waals surface area contributed by atoms with E-state index in [9.17, 15) is 19.8 Å². The van der Waals surface area contributed by atoms with Crippen molar-refractivity contribution in [1.82, 2.24) is 0 Å². The van der Waals surface area contributed by atoms with Gasteiger partial charge in [0.1, 0.15) is 11.2 Å². The molecule has 1 N–H and O–H groups in total. The van der Waals surface area contributed by atoms with Gasteiger partial charge in [0.15, 0.2) is 5.43 Å². The van der Waals surface area contributed by atoms with Crippen LogP contribution in [0.25, 0.3) is 43.8 Å². The third-order valence-electron chi connectivity index (χ3n) is 5.07. The van der Waals surface area contributed by atoms with Crippen molar-refractivity contribution in [2.24, 2.45) is 0 Å². The second-order valence-electron chi connectivity index (χ2n) is 6.81. The van der Waals surface area contributed by atoms with Gasteiger partial charge in [-0.2, -0.15) is 0 Å². The lowest BCUT2D eigenvalue weighted by atomic mass is 9.92. The van der Waals surface area contributed by atoms with Crippen LogP contribution in [0.5, 0.6) is 5.75 Å². The average molecular weight is 381 g/mol. The van der Waals surface area contributed by atoms with E-state index in [4.69, 9.17) is 4.42 Å². The van der Waals surface area contributed by atoms with Crippen molar-refractivity contribution < 1.29 is 19.4 Å². The van der Waals surface area contributed by atoms with E-state index in [0.717, 1.165) is 0 Å². The Hall–Kier alpha value is -4.12. The first-order valence-electron chi connectivity index (χ1n) is 8.96. The summed E-state index contributed by atoms with van der Waals surface area (Å²) in [5.41, 5.74) is 2.10. The number of carboxylic acid groups (broad SMARTS) is 1. The van der Waals surface area contributed by atoms with E-state index in [1.807, 2.05) is 12.1 Å². The predicted octanol–water partition coefficient (Wildman–Crippen LogP) is 4.54. The van der Waals surface area contributed by atoms with E-state index in [0.29, 0.717) is 43.8 Å². The van der Waals surface area contributed by atoms with Gasteiger partial charge in [0, 0.05) is 21.7 Å². The van der Waals surface area contributed by atoms with Crippen LogP contribution in [0.2, 0.25) is 0 Å². The lowest BCUT2D eigenvalue weighted by Gasteiger charge is -2.16. The molecular formula is C24H13O5-. The molecule has 5 heteroatoms. The molecule has 0 saturated carbocycles. The fourth-order valence-electron chi connectivity index (χ4n) is 3.81. The molecule has 1 heterocycles. The van der Waals surface area contributed by atoms with E-state index in [2.05, 4.69) is 0 Å². The number of hydrogen-bond donors (Lipinski definition) is 1. The second-order valence-corrected chi connectivity index (χ2v) is 6.81. The molecule has 0 aliphatic rings. The lowest BCUT2D eigenvalue weighted by molar-refractivity contribution is -0.268. The van der Waals surface area contributed by atoms with Gasteiger partial charge in [0.2, 0.25) is 0 Å². The Morgan fingerprint density at radius 1 is 0.862 bits per heavy atom. The summed E-state index contributed by atoms with van der Waals surface area (Å²) >= 11 is 0. The molecule has 0 aliphatic heterocycles. The largest absolute Gasteiger partial charge is 0.872 e. The third kappa shape index (κ3) is 2.63. The van der Waals surface area contributed by atoms with Gasteiger partial charge in [-0.1, -0.05) is 36.4 Å². The average Bonchev–Trinajstić information content (AvgIpc) is 2.71. The summed E-state index contributed by atoms with van der Waals surface area (Å²) in [6.45, 7) is 0. The Morgan fingerprint density at radius 2 is 1.62 bits per heavy atom. The SMILES string of the molecule is O=C(O)c1ccccc1-c1c2ccc([O-])cc2oc2c1ccc1cc(=O)ccc12. The van der Waals surface area contributed by atoms with Crippen molar-refractivity contribution in [3.05, 3.63) is 88.6 Å². The monoisotopic (exact) mass is 381 g/mol. The molecule has 0 unspecified atom stereocenters. The number of benzene rings is 4. The van der Waals surface area contributed by atoms with Crippen LogP contribution in [-0.4, -0.2) is 11.1 Å². The first kappa shape index (κ1) is 17.0. The quantitative estimate of drug-likeness (QED) is 0.358. The van der Waals surface area contributed by atoms with E-state index >= 15 is 0 Å². The van der Waals surface area contributed by atoms with E-state index < -0.39 is 5.97 Å². The summed E-state index contributed by atoms with van der Waals surface area (Å²) in [4.78, 5) is 23.6. The zero-order chi connectivity index (χ0) is 20.1. The Morgan fingerprint density at radius 3 is 2.45 bits per heavy atom. The van der Waals surface area contributed by atoms with Crippen LogP contribution >= 0.6 is 0 Å². The summed E-state index contributed by atoms with van der Waals surface area (Å²) in [5.74, 6) is -1.25. The maximum atomic E-state index is 12.0. The minimum atomic E-state index is -1.04. The van der Waals surface area contributed by atoms with Gasteiger partial charge in [-0.25, -0.2) is 4.79 Å². The fraction of sp³-hybridized carbons (Fsp3) is 0. The van der Waals surface area contributed by atoms with Gasteiger partial charge in [0.25, 0.3) is 0 Å². The molecule has 0 fully saturated rings. The molecule has 29 heavy (non-hydrogen) atoms. The highest BCUT2D eigenvalue weighted by Gasteiger charge is 2.18. The molecule has 4 aromatic carbocycles. The smallest absolute Gasteiger partial charge is 0.336 e. The van der Waals surface area contributed by atoms with Gasteiger partial charge in [-0.15, -0.1) is 5.75 Å². The molecule has 0 radical (unpaired) electrons. The number of rotatable bonds is 2. The molecule has 5 rings (SSSR count). The number of hydrogen-bond acceptors (Lipinski definition) is 4. The zero-order valence-electron chi connectivity index (χ0n) is 15.0. The number of carbonyl (C=O) groups is 1. The summed E-state index contributed by atoms with van der Waals surface area (Å²) in [6.07, 6.45) is 0. The topological polar surface area (TPSA) is 90.6 Å². The van der Waals surface area contributed by atoms with Gasteiger partial charge >= 0.3 is 5.97 Å². The molecule has 5 nitrogen and oxygen atoms in total. The first-order chi connectivity index (χ1) is 14.0. The van der Waals surface area contributed by atoms with Gasteiger partial charge in [-0.3, -0.25) is 4.79 Å². The molecule has 0 aliphatic carbocycles. The van der Waals surface area contributed by atoms with Crippen LogP contribution < -0.4 is 10.5 Å². The molecule has 0 saturated heterocycles. The summed E-state index contributed by atoms with van der Waals surface area (Å²) in [7, 11) is 0. The van der Waals surface area contributed by atoms with Crippen LogP contribution in [-0.2, 0) is 0 Å². The first-order valence-corrected chi connectivity index (χ1v) is 8.96. The number of fused-ring (bicyclic) bond motifs is 4. The van der Waals surface area contributed by atoms with Crippen molar-refractivity contribution in [2.75, 3.05) is 0 Å². The van der Waals surface area contributed by atoms with Crippen LogP contribution in [0, 0.1) is 0 Å². The second kappa shape index (κ2) is 6.21. The highest BCUT2D eigenvalue weighted by molar-refractivity contribution is 6.17. The van der Waals surface area contributed by atoms with Crippen LogP contribution in [0.1, 0.15) is 10.4 Å². The Bertz CT molecular complexity index is 1510. The minimum absolute atomic E-state index is 0.115. The van der Waals surface area contributed by atoms with Gasteiger partial charge < -0.3 is 14.6 Å². The molecule has 0 atom stereocenters. The zero-order valence-corrected chi connectivity index (χ0v) is 15.0. The third-order valence-corrected chi connectivity index (χ3v) is 5.07. The van der Waals surface area contributed by atoms with Crippen LogP contribution in [0.15, 0.2) is 82.0 Å². The molecule has 0 spiro atoms. The van der Waals surface area contributed by atoms with Crippen LogP contribution in [0.3, 0.4) is 0 Å². The van der Waals surface area contributed by atoms with E-state index in [-0.39, 0.29) is 16.7 Å². The van der Waals surface area contributed by atoms with Crippen LogP contribution in [0.4, 0.5) is 0 Å². The highest BCUT2D eigenvalue weighted by Crippen LogP contribution is 2.40. The fourth-order valence-corrected chi connectivity index (χ4v) is 3.81. The summed E-state index contributed by atoms with van der Waals surface area (Å²) in [6, 6.07) is 19.5. The number of aromatic carboxylic acids is 1. The van der Waals surface area contributed by atoms with Crippen molar-refractivity contribution in [2.45, 2.75) is 0 Å². The predicted molar refractivity (Wildman–Crippen MR) is 109 cm³/mol. The van der Waals surface area contributed by atoms with Gasteiger partial charge in [-0.05, 0) is 47.3 Å². The molecule has 0 bridgehead atoms. The van der Waals surface area contributed by atoms with Crippen molar-refractivity contribution in [3.63, 3.8) is 0 Å². The van der Waals surface area contributed by atoms with Crippen molar-refractivity contribution in [1.29, 1.82) is 0 Å². The Labute approximate surface area is 164 Å². The maximum Gasteiger partial charge on any atom is 0.336 e. The minimum Gasteiger partial charge on any atom is -0.872 e. The Kier molecular flexibility index (Phi) is 3.64.